The molecule has 4 heteroatoms. The smallest absolute Gasteiger partial charge is 0.220 e. The van der Waals surface area contributed by atoms with Crippen molar-refractivity contribution in [3.8, 4) is 0 Å². The molecule has 1 amide bonds. The van der Waals surface area contributed by atoms with Gasteiger partial charge in [0, 0.05) is 19.6 Å². The Morgan fingerprint density at radius 3 is 2.55 bits per heavy atom. The second-order valence-electron chi connectivity index (χ2n) is 5.64. The van der Waals surface area contributed by atoms with Crippen molar-refractivity contribution >= 4 is 17.7 Å². The van der Waals surface area contributed by atoms with Crippen LogP contribution in [0, 0.1) is 0 Å². The van der Waals surface area contributed by atoms with Crippen LogP contribution in [0.3, 0.4) is 0 Å². The van der Waals surface area contributed by atoms with Crippen molar-refractivity contribution in [3.05, 3.63) is 0 Å². The van der Waals surface area contributed by atoms with Crippen LogP contribution >= 0.6 is 11.8 Å². The molecule has 3 nitrogen and oxygen atoms in total. The van der Waals surface area contributed by atoms with Crippen molar-refractivity contribution in [2.24, 2.45) is 0 Å². The quantitative estimate of drug-likeness (QED) is 0.659. The van der Waals surface area contributed by atoms with Crippen LogP contribution in [-0.4, -0.2) is 37.2 Å². The summed E-state index contributed by atoms with van der Waals surface area (Å²) in [5.41, 5.74) is 0. The Hall–Kier alpha value is -0.220. The third-order valence-corrected chi connectivity index (χ3v) is 4.50. The van der Waals surface area contributed by atoms with Gasteiger partial charge < -0.3 is 10.1 Å². The number of nitrogens with one attached hydrogen (secondary N) is 1. The van der Waals surface area contributed by atoms with Crippen LogP contribution in [0.4, 0.5) is 0 Å². The highest BCUT2D eigenvalue weighted by Crippen LogP contribution is 2.19. The van der Waals surface area contributed by atoms with E-state index in [2.05, 4.69) is 11.6 Å². The number of amides is 1. The van der Waals surface area contributed by atoms with E-state index in [9.17, 15) is 4.79 Å². The van der Waals surface area contributed by atoms with Crippen molar-refractivity contribution in [3.63, 3.8) is 0 Å². The lowest BCUT2D eigenvalue weighted by molar-refractivity contribution is -0.121. The van der Waals surface area contributed by atoms with Crippen LogP contribution in [0.25, 0.3) is 0 Å². The van der Waals surface area contributed by atoms with E-state index in [0.717, 1.165) is 31.7 Å². The van der Waals surface area contributed by atoms with E-state index < -0.39 is 0 Å². The summed E-state index contributed by atoms with van der Waals surface area (Å²) in [5.74, 6) is 1.25. The Labute approximate surface area is 128 Å². The van der Waals surface area contributed by atoms with Crippen molar-refractivity contribution < 1.29 is 9.53 Å². The first-order chi connectivity index (χ1) is 9.83. The van der Waals surface area contributed by atoms with Gasteiger partial charge in [-0.1, -0.05) is 32.1 Å². The molecule has 1 aliphatic rings. The molecule has 0 radical (unpaired) electrons. The molecule has 0 aliphatic heterocycles. The zero-order valence-electron chi connectivity index (χ0n) is 13.0. The van der Waals surface area contributed by atoms with E-state index in [0.29, 0.717) is 12.5 Å². The zero-order valence-corrected chi connectivity index (χ0v) is 13.8. The minimum atomic E-state index is 0.185. The molecular formula is C16H31NO2S. The molecule has 0 aromatic rings. The van der Waals surface area contributed by atoms with Gasteiger partial charge in [-0.25, -0.2) is 0 Å². The fourth-order valence-corrected chi connectivity index (χ4v) is 3.03. The highest BCUT2D eigenvalue weighted by atomic mass is 32.2. The Morgan fingerprint density at radius 1 is 1.15 bits per heavy atom. The lowest BCUT2D eigenvalue weighted by atomic mass is 9.99. The molecule has 0 aromatic carbocycles. The van der Waals surface area contributed by atoms with Crippen LogP contribution < -0.4 is 5.32 Å². The molecular weight excluding hydrogens is 270 g/mol. The Kier molecular flexibility index (Phi) is 11.2. The molecule has 0 heterocycles. The minimum absolute atomic E-state index is 0.185. The van der Waals surface area contributed by atoms with E-state index in [1.165, 1.54) is 44.9 Å². The molecule has 1 fully saturated rings. The summed E-state index contributed by atoms with van der Waals surface area (Å²) in [5, 5.41) is 2.97. The maximum absolute atomic E-state index is 11.5. The van der Waals surface area contributed by atoms with Gasteiger partial charge in [0.1, 0.15) is 0 Å². The summed E-state index contributed by atoms with van der Waals surface area (Å²) >= 11 is 1.79. The molecule has 118 valence electrons. The third-order valence-electron chi connectivity index (χ3n) is 3.80. The van der Waals surface area contributed by atoms with E-state index in [1.54, 1.807) is 11.8 Å². The Bertz CT molecular complexity index is 241. The summed E-state index contributed by atoms with van der Waals surface area (Å²) in [6.07, 6.45) is 14.3. The van der Waals surface area contributed by atoms with Crippen LogP contribution in [0.2, 0.25) is 0 Å². The fraction of sp³-hybridized carbons (Fsp3) is 0.938. The third kappa shape index (κ3) is 9.65. The largest absolute Gasteiger partial charge is 0.378 e. The molecule has 0 unspecified atom stereocenters. The molecule has 0 atom stereocenters. The van der Waals surface area contributed by atoms with Gasteiger partial charge in [-0.05, 0) is 37.7 Å². The van der Waals surface area contributed by atoms with Gasteiger partial charge in [-0.15, -0.1) is 0 Å². The molecule has 1 rings (SSSR count). The van der Waals surface area contributed by atoms with E-state index in [1.807, 2.05) is 0 Å². The van der Waals surface area contributed by atoms with Crippen molar-refractivity contribution in [1.29, 1.82) is 0 Å². The fourth-order valence-electron chi connectivity index (χ4n) is 2.60. The molecule has 0 bridgehead atoms. The Balaban J connectivity index is 1.93. The number of thioether (sulfide) groups is 1. The molecule has 1 N–H and O–H groups in total. The first kappa shape index (κ1) is 17.8. The Morgan fingerprint density at radius 2 is 1.85 bits per heavy atom. The maximum atomic E-state index is 11.5. The molecule has 1 aliphatic carbocycles. The number of hydrogen-bond donors (Lipinski definition) is 1. The summed E-state index contributed by atoms with van der Waals surface area (Å²) in [7, 11) is 0. The second-order valence-corrected chi connectivity index (χ2v) is 6.62. The van der Waals surface area contributed by atoms with Gasteiger partial charge in [0.15, 0.2) is 0 Å². The van der Waals surface area contributed by atoms with Gasteiger partial charge >= 0.3 is 0 Å². The normalized spacial score (nSPS) is 17.4. The molecule has 0 saturated heterocycles. The van der Waals surface area contributed by atoms with Gasteiger partial charge in [0.2, 0.25) is 5.91 Å². The van der Waals surface area contributed by atoms with Gasteiger partial charge in [-0.2, -0.15) is 11.8 Å². The SMILES string of the molecule is CSCCCC(=O)NCCCOC1CCCCCCC1. The number of hydrogen-bond acceptors (Lipinski definition) is 3. The van der Waals surface area contributed by atoms with Gasteiger partial charge in [0.05, 0.1) is 6.10 Å². The highest BCUT2D eigenvalue weighted by Gasteiger charge is 2.11. The summed E-state index contributed by atoms with van der Waals surface area (Å²) in [4.78, 5) is 11.5. The summed E-state index contributed by atoms with van der Waals surface area (Å²) in [6.45, 7) is 1.54. The summed E-state index contributed by atoms with van der Waals surface area (Å²) < 4.78 is 5.94. The van der Waals surface area contributed by atoms with Crippen LogP contribution in [0.5, 0.6) is 0 Å². The molecule has 0 aromatic heterocycles. The average molecular weight is 301 g/mol. The number of ether oxygens (including phenoxy) is 1. The molecule has 0 spiro atoms. The number of carbonyl (C=O) groups is 1. The van der Waals surface area contributed by atoms with Crippen molar-refractivity contribution in [2.75, 3.05) is 25.2 Å². The lowest BCUT2D eigenvalue weighted by Gasteiger charge is -2.20. The van der Waals surface area contributed by atoms with Crippen molar-refractivity contribution in [1.82, 2.24) is 5.32 Å². The van der Waals surface area contributed by atoms with Crippen molar-refractivity contribution in [2.45, 2.75) is 70.3 Å². The predicted molar refractivity (Wildman–Crippen MR) is 87.3 cm³/mol. The van der Waals surface area contributed by atoms with Crippen LogP contribution in [0.15, 0.2) is 0 Å². The average Bonchev–Trinajstić information content (AvgIpc) is 2.40. The molecule has 1 saturated carbocycles. The van der Waals surface area contributed by atoms with Gasteiger partial charge in [-0.3, -0.25) is 4.79 Å². The number of rotatable bonds is 9. The molecule has 20 heavy (non-hydrogen) atoms. The maximum Gasteiger partial charge on any atom is 0.220 e. The first-order valence-corrected chi connectivity index (χ1v) is 9.59. The van der Waals surface area contributed by atoms with Crippen LogP contribution in [-0.2, 0) is 9.53 Å². The minimum Gasteiger partial charge on any atom is -0.378 e. The lowest BCUT2D eigenvalue weighted by Crippen LogP contribution is -2.25. The highest BCUT2D eigenvalue weighted by molar-refractivity contribution is 7.98. The second kappa shape index (κ2) is 12.5. The van der Waals surface area contributed by atoms with E-state index in [4.69, 9.17) is 4.74 Å². The standard InChI is InChI=1S/C16H31NO2S/c1-20-14-7-11-16(18)17-12-8-13-19-15-9-5-3-2-4-6-10-15/h15H,2-14H2,1H3,(H,17,18). The summed E-state index contributed by atoms with van der Waals surface area (Å²) in [6, 6.07) is 0. The topological polar surface area (TPSA) is 38.3 Å². The van der Waals surface area contributed by atoms with Gasteiger partial charge in [0.25, 0.3) is 0 Å². The van der Waals surface area contributed by atoms with E-state index in [-0.39, 0.29) is 5.91 Å². The van der Waals surface area contributed by atoms with E-state index >= 15 is 0 Å². The van der Waals surface area contributed by atoms with Crippen LogP contribution in [0.1, 0.15) is 64.2 Å². The first-order valence-electron chi connectivity index (χ1n) is 8.20. The zero-order chi connectivity index (χ0) is 14.5. The predicted octanol–water partition coefficient (Wildman–Crippen LogP) is 3.77. The number of carbonyl (C=O) groups excluding carboxylic acids is 1. The monoisotopic (exact) mass is 301 g/mol.